The molecule has 1 atom stereocenters. The van der Waals surface area contributed by atoms with Gasteiger partial charge >= 0.3 is 9.28 Å². The minimum Gasteiger partial charge on any atom is -0.396 e. The van der Waals surface area contributed by atoms with Gasteiger partial charge in [-0.2, -0.15) is 0 Å². The average Bonchev–Trinajstić information content (AvgIpc) is 2.25. The first kappa shape index (κ1) is 16.1. The van der Waals surface area contributed by atoms with Crippen molar-refractivity contribution in [3.8, 4) is 0 Å². The van der Waals surface area contributed by atoms with Gasteiger partial charge in [-0.05, 0) is 27.2 Å². The molecule has 0 aliphatic rings. The zero-order valence-corrected chi connectivity index (χ0v) is 12.9. The highest BCUT2D eigenvalue weighted by Crippen LogP contribution is 2.30. The van der Waals surface area contributed by atoms with E-state index in [0.717, 1.165) is 26.2 Å². The van der Waals surface area contributed by atoms with Crippen LogP contribution in [0.5, 0.6) is 0 Å². The van der Waals surface area contributed by atoms with E-state index in [1.54, 1.807) is 0 Å². The molecule has 0 N–H and O–H groups in total. The molecule has 0 amide bonds. The molecular weight excluding hydrogens is 220 g/mol. The van der Waals surface area contributed by atoms with E-state index in [4.69, 9.17) is 13.6 Å². The van der Waals surface area contributed by atoms with Gasteiger partial charge in [0.1, 0.15) is 0 Å². The van der Waals surface area contributed by atoms with E-state index in [2.05, 4.69) is 27.7 Å². The molecule has 0 aliphatic heterocycles. The Labute approximate surface area is 102 Å². The Balaban J connectivity index is 4.22. The summed E-state index contributed by atoms with van der Waals surface area (Å²) in [5, 5.41) is 0.0233. The van der Waals surface area contributed by atoms with Crippen molar-refractivity contribution < 1.29 is 13.6 Å². The average molecular weight is 248 g/mol. The van der Waals surface area contributed by atoms with Crippen molar-refractivity contribution >= 4 is 9.28 Å². The van der Waals surface area contributed by atoms with Gasteiger partial charge in [0.25, 0.3) is 0 Å². The fourth-order valence-electron chi connectivity index (χ4n) is 1.34. The molecule has 1 unspecified atom stereocenters. The molecule has 16 heavy (non-hydrogen) atoms. The monoisotopic (exact) mass is 248 g/mol. The Morgan fingerprint density at radius 1 is 1.06 bits per heavy atom. The van der Waals surface area contributed by atoms with Gasteiger partial charge in [-0.15, -0.1) is 0 Å². The Morgan fingerprint density at radius 2 is 1.56 bits per heavy atom. The van der Waals surface area contributed by atoms with E-state index in [0.29, 0.717) is 6.10 Å². The first-order valence-corrected chi connectivity index (χ1v) is 7.84. The minimum absolute atomic E-state index is 0.0233. The molecule has 0 rings (SSSR count). The molecule has 0 bridgehead atoms. The summed E-state index contributed by atoms with van der Waals surface area (Å²) in [6.07, 6.45) is 1.36. The summed E-state index contributed by atoms with van der Waals surface area (Å²) in [5.74, 6) is 0. The minimum atomic E-state index is -1.64. The summed E-state index contributed by atoms with van der Waals surface area (Å²) < 4.78 is 17.3. The van der Waals surface area contributed by atoms with Gasteiger partial charge in [-0.25, -0.2) is 0 Å². The van der Waals surface area contributed by atoms with Crippen molar-refractivity contribution in [2.75, 3.05) is 19.8 Å². The number of rotatable bonds is 9. The van der Waals surface area contributed by atoms with E-state index < -0.39 is 9.28 Å². The lowest BCUT2D eigenvalue weighted by Crippen LogP contribution is -2.38. The first-order valence-electron chi connectivity index (χ1n) is 6.32. The van der Waals surface area contributed by atoms with E-state index in [9.17, 15) is 0 Å². The van der Waals surface area contributed by atoms with Crippen molar-refractivity contribution in [1.82, 2.24) is 0 Å². The van der Waals surface area contributed by atoms with Gasteiger partial charge < -0.3 is 13.6 Å². The zero-order chi connectivity index (χ0) is 12.6. The molecule has 4 heteroatoms. The molecule has 0 spiro atoms. The molecule has 0 aliphatic carbocycles. The van der Waals surface area contributed by atoms with Gasteiger partial charge in [0.15, 0.2) is 0 Å². The van der Waals surface area contributed by atoms with E-state index in [1.807, 2.05) is 13.8 Å². The fourth-order valence-corrected chi connectivity index (χ4v) is 3.18. The fraction of sp³-hybridized carbons (Fsp3) is 1.00. The molecule has 0 heterocycles. The largest absolute Gasteiger partial charge is 0.396 e. The summed E-state index contributed by atoms with van der Waals surface area (Å²) >= 11 is 0. The van der Waals surface area contributed by atoms with Gasteiger partial charge in [0.2, 0.25) is 0 Å². The maximum absolute atomic E-state index is 5.80. The Hall–Kier alpha value is 0.0969. The molecule has 0 saturated heterocycles. The summed E-state index contributed by atoms with van der Waals surface area (Å²) in [6, 6.07) is 0. The van der Waals surface area contributed by atoms with Crippen molar-refractivity contribution in [1.29, 1.82) is 0 Å². The topological polar surface area (TPSA) is 27.7 Å². The molecule has 0 radical (unpaired) electrons. The Bertz CT molecular complexity index is 168. The zero-order valence-electron chi connectivity index (χ0n) is 11.7. The van der Waals surface area contributed by atoms with Crippen LogP contribution in [0.3, 0.4) is 0 Å². The normalized spacial score (nSPS) is 14.4. The molecule has 0 saturated carbocycles. The lowest BCUT2D eigenvalue weighted by Gasteiger charge is -2.32. The van der Waals surface area contributed by atoms with Crippen LogP contribution in [0, 0.1) is 0 Å². The lowest BCUT2D eigenvalue weighted by molar-refractivity contribution is 0.0373. The molecular formula is C12H28O3Si. The van der Waals surface area contributed by atoms with Crippen LogP contribution in [0.2, 0.25) is 5.04 Å². The third-order valence-electron chi connectivity index (χ3n) is 2.59. The Kier molecular flexibility index (Phi) is 8.28. The summed E-state index contributed by atoms with van der Waals surface area (Å²) in [7, 11) is -1.64. The number of hydrogen-bond acceptors (Lipinski definition) is 3. The highest BCUT2D eigenvalue weighted by molar-refractivity contribution is 6.48. The van der Waals surface area contributed by atoms with Crippen LogP contribution in [0.1, 0.15) is 48.0 Å². The van der Waals surface area contributed by atoms with Crippen molar-refractivity contribution in [3.63, 3.8) is 0 Å². The summed E-state index contributed by atoms with van der Waals surface area (Å²) in [5.41, 5.74) is 0. The van der Waals surface area contributed by atoms with Crippen molar-refractivity contribution in [2.45, 2.75) is 59.1 Å². The number of ether oxygens (including phenoxy) is 1. The van der Waals surface area contributed by atoms with Gasteiger partial charge in [-0.3, -0.25) is 0 Å². The maximum Gasteiger partial charge on any atom is 0.329 e. The third-order valence-corrected chi connectivity index (χ3v) is 5.30. The van der Waals surface area contributed by atoms with Crippen LogP contribution in [0.25, 0.3) is 0 Å². The van der Waals surface area contributed by atoms with Crippen LogP contribution in [0.4, 0.5) is 0 Å². The van der Waals surface area contributed by atoms with Crippen LogP contribution in [0.15, 0.2) is 0 Å². The molecule has 98 valence electrons. The first-order chi connectivity index (χ1) is 7.47. The molecule has 0 fully saturated rings. The predicted molar refractivity (Wildman–Crippen MR) is 70.1 cm³/mol. The quantitative estimate of drug-likeness (QED) is 0.587. The number of hydrogen-bond donors (Lipinski definition) is 0. The standard InChI is InChI=1S/C12H28O3Si/c1-7-11(4)13-10-12(5,6)16(14-8-2)15-9-3/h11,16H,7-10H2,1-6H3. The summed E-state index contributed by atoms with van der Waals surface area (Å²) in [4.78, 5) is 0. The second-order valence-corrected chi connectivity index (χ2v) is 7.65. The van der Waals surface area contributed by atoms with Crippen LogP contribution >= 0.6 is 0 Å². The smallest absolute Gasteiger partial charge is 0.329 e. The summed E-state index contributed by atoms with van der Waals surface area (Å²) in [6.45, 7) is 14.8. The van der Waals surface area contributed by atoms with E-state index in [1.165, 1.54) is 0 Å². The molecule has 0 aromatic carbocycles. The highest BCUT2D eigenvalue weighted by atomic mass is 28.3. The second kappa shape index (κ2) is 8.23. The van der Waals surface area contributed by atoms with Gasteiger partial charge in [0.05, 0.1) is 12.7 Å². The van der Waals surface area contributed by atoms with Crippen molar-refractivity contribution in [2.24, 2.45) is 0 Å². The second-order valence-electron chi connectivity index (χ2n) is 4.76. The van der Waals surface area contributed by atoms with Crippen LogP contribution < -0.4 is 0 Å². The van der Waals surface area contributed by atoms with Crippen LogP contribution in [-0.2, 0) is 13.6 Å². The van der Waals surface area contributed by atoms with E-state index >= 15 is 0 Å². The highest BCUT2D eigenvalue weighted by Gasteiger charge is 2.34. The molecule has 0 aromatic rings. The SMILES string of the molecule is CCO[SiH](OCC)C(C)(C)COC(C)CC. The predicted octanol–water partition coefficient (Wildman–Crippen LogP) is 2.88. The van der Waals surface area contributed by atoms with Gasteiger partial charge in [-0.1, -0.05) is 20.8 Å². The Morgan fingerprint density at radius 3 is 1.94 bits per heavy atom. The maximum atomic E-state index is 5.80. The molecule has 3 nitrogen and oxygen atoms in total. The lowest BCUT2D eigenvalue weighted by atomic mass is 10.2. The van der Waals surface area contributed by atoms with Crippen LogP contribution in [-0.4, -0.2) is 35.2 Å². The molecule has 0 aromatic heterocycles. The third kappa shape index (κ3) is 5.99. The van der Waals surface area contributed by atoms with E-state index in [-0.39, 0.29) is 5.04 Å². The van der Waals surface area contributed by atoms with Gasteiger partial charge in [0, 0.05) is 18.3 Å². The van der Waals surface area contributed by atoms with Crippen molar-refractivity contribution in [3.05, 3.63) is 0 Å².